The van der Waals surface area contributed by atoms with Crippen molar-refractivity contribution in [1.82, 2.24) is 4.90 Å². The van der Waals surface area contributed by atoms with E-state index < -0.39 is 0 Å². The fourth-order valence-corrected chi connectivity index (χ4v) is 4.70. The first-order valence-electron chi connectivity index (χ1n) is 10.2. The highest BCUT2D eigenvalue weighted by Gasteiger charge is 2.29. The van der Waals surface area contributed by atoms with Gasteiger partial charge in [0.25, 0.3) is 0 Å². The number of benzene rings is 3. The second kappa shape index (κ2) is 9.62. The van der Waals surface area contributed by atoms with E-state index in [4.69, 9.17) is 34.8 Å². The first-order chi connectivity index (χ1) is 14.5. The van der Waals surface area contributed by atoms with Gasteiger partial charge in [-0.3, -0.25) is 4.90 Å². The van der Waals surface area contributed by atoms with E-state index in [0.717, 1.165) is 43.3 Å². The van der Waals surface area contributed by atoms with Gasteiger partial charge in [-0.2, -0.15) is 0 Å². The van der Waals surface area contributed by atoms with Gasteiger partial charge in [0.15, 0.2) is 0 Å². The van der Waals surface area contributed by atoms with E-state index in [2.05, 4.69) is 53.1 Å². The van der Waals surface area contributed by atoms with Gasteiger partial charge in [-0.25, -0.2) is 0 Å². The predicted octanol–water partition coefficient (Wildman–Crippen LogP) is 7.06. The molecule has 3 aromatic rings. The number of aryl methyl sites for hydroxylation is 1. The molecule has 3 aromatic carbocycles. The molecule has 2 nitrogen and oxygen atoms in total. The smallest absolute Gasteiger partial charge is 0.0670 e. The summed E-state index contributed by atoms with van der Waals surface area (Å²) in [5, 5.41) is 2.10. The summed E-state index contributed by atoms with van der Waals surface area (Å²) in [4.78, 5) is 4.93. The summed E-state index contributed by atoms with van der Waals surface area (Å²) in [5.74, 6) is 0. The second-order valence-electron chi connectivity index (χ2n) is 7.89. The average Bonchev–Trinajstić information content (AvgIpc) is 2.74. The first kappa shape index (κ1) is 21.5. The van der Waals surface area contributed by atoms with Gasteiger partial charge < -0.3 is 4.90 Å². The van der Waals surface area contributed by atoms with Crippen LogP contribution >= 0.6 is 34.8 Å². The maximum Gasteiger partial charge on any atom is 0.0670 e. The Labute approximate surface area is 194 Å². The van der Waals surface area contributed by atoms with Gasteiger partial charge >= 0.3 is 0 Å². The summed E-state index contributed by atoms with van der Waals surface area (Å²) in [6, 6.07) is 23.0. The lowest BCUT2D eigenvalue weighted by molar-refractivity contribution is 0.226. The molecule has 1 saturated heterocycles. The topological polar surface area (TPSA) is 6.48 Å². The minimum absolute atomic E-state index is 0.202. The molecule has 156 valence electrons. The van der Waals surface area contributed by atoms with E-state index in [1.54, 1.807) is 0 Å². The second-order valence-corrected chi connectivity index (χ2v) is 9.17. The Morgan fingerprint density at radius 2 is 1.53 bits per heavy atom. The molecular weight excluding hydrogens is 435 g/mol. The highest BCUT2D eigenvalue weighted by Crippen LogP contribution is 2.36. The van der Waals surface area contributed by atoms with Crippen LogP contribution in [0.5, 0.6) is 0 Å². The fourth-order valence-electron chi connectivity index (χ4n) is 4.06. The molecule has 0 aromatic heterocycles. The van der Waals surface area contributed by atoms with Crippen molar-refractivity contribution in [3.63, 3.8) is 0 Å². The van der Waals surface area contributed by atoms with Crippen molar-refractivity contribution in [2.75, 3.05) is 31.1 Å². The molecule has 5 heteroatoms. The molecule has 1 atom stereocenters. The highest BCUT2D eigenvalue weighted by atomic mass is 35.5. The summed E-state index contributed by atoms with van der Waals surface area (Å²) in [7, 11) is 0. The third kappa shape index (κ3) is 5.12. The zero-order valence-corrected chi connectivity index (χ0v) is 19.3. The van der Waals surface area contributed by atoms with Crippen molar-refractivity contribution >= 4 is 40.5 Å². The minimum atomic E-state index is 0.202. The molecule has 1 aliphatic rings. The van der Waals surface area contributed by atoms with Crippen LogP contribution in [0, 0.1) is 6.92 Å². The molecule has 0 N–H and O–H groups in total. The summed E-state index contributed by atoms with van der Waals surface area (Å²) in [6.45, 7) is 6.00. The summed E-state index contributed by atoms with van der Waals surface area (Å²) < 4.78 is 0. The van der Waals surface area contributed by atoms with Gasteiger partial charge in [-0.1, -0.05) is 76.8 Å². The molecule has 0 unspecified atom stereocenters. The molecule has 1 fully saturated rings. The van der Waals surface area contributed by atoms with Crippen molar-refractivity contribution in [2.45, 2.75) is 19.4 Å². The number of rotatable bonds is 5. The number of piperazine rings is 1. The van der Waals surface area contributed by atoms with E-state index in [0.29, 0.717) is 10.0 Å². The van der Waals surface area contributed by atoms with Gasteiger partial charge in [-0.15, -0.1) is 0 Å². The van der Waals surface area contributed by atoms with Crippen LogP contribution in [-0.2, 0) is 6.42 Å². The van der Waals surface area contributed by atoms with Crippen LogP contribution in [-0.4, -0.2) is 31.1 Å². The van der Waals surface area contributed by atoms with Crippen LogP contribution in [0.3, 0.4) is 0 Å². The number of hydrogen-bond donors (Lipinski definition) is 0. The molecule has 0 amide bonds. The third-order valence-electron chi connectivity index (χ3n) is 5.78. The molecule has 4 rings (SSSR count). The molecular formula is C25H25Cl3N2. The Hall–Kier alpha value is -1.71. The summed E-state index contributed by atoms with van der Waals surface area (Å²) in [6.07, 6.45) is 1.05. The maximum absolute atomic E-state index is 6.57. The molecule has 0 spiro atoms. The Bertz CT molecular complexity index is 986. The van der Waals surface area contributed by atoms with Crippen molar-refractivity contribution in [3.05, 3.63) is 98.5 Å². The standard InChI is InChI=1S/C25H25Cl3N2/c1-18-2-4-19(5-3-18)12-13-29-14-15-30(24-11-10-22(27)16-23(24)28)25(17-29)20-6-8-21(26)9-7-20/h2-11,16,25H,12-15,17H2,1H3/t25-/m0/s1. The van der Waals surface area contributed by atoms with Gasteiger partial charge in [0, 0.05) is 36.2 Å². The van der Waals surface area contributed by atoms with Crippen molar-refractivity contribution < 1.29 is 0 Å². The molecule has 30 heavy (non-hydrogen) atoms. The van der Waals surface area contributed by atoms with Crippen LogP contribution in [0.2, 0.25) is 15.1 Å². The van der Waals surface area contributed by atoms with E-state index in [1.807, 2.05) is 30.3 Å². The molecule has 1 aliphatic heterocycles. The van der Waals surface area contributed by atoms with E-state index in [-0.39, 0.29) is 6.04 Å². The number of halogens is 3. The average molecular weight is 460 g/mol. The monoisotopic (exact) mass is 458 g/mol. The number of nitrogens with zero attached hydrogens (tertiary/aromatic N) is 2. The van der Waals surface area contributed by atoms with Crippen LogP contribution in [0.15, 0.2) is 66.7 Å². The lowest BCUT2D eigenvalue weighted by Crippen LogP contribution is -2.49. The van der Waals surface area contributed by atoms with E-state index >= 15 is 0 Å². The Morgan fingerprint density at radius 3 is 2.23 bits per heavy atom. The number of anilines is 1. The van der Waals surface area contributed by atoms with Crippen LogP contribution in [0.25, 0.3) is 0 Å². The lowest BCUT2D eigenvalue weighted by Gasteiger charge is -2.43. The zero-order chi connectivity index (χ0) is 21.1. The van der Waals surface area contributed by atoms with Gasteiger partial charge in [0.1, 0.15) is 0 Å². The number of hydrogen-bond acceptors (Lipinski definition) is 2. The largest absolute Gasteiger partial charge is 0.361 e. The Morgan fingerprint density at radius 1 is 0.833 bits per heavy atom. The van der Waals surface area contributed by atoms with Crippen LogP contribution in [0.4, 0.5) is 5.69 Å². The van der Waals surface area contributed by atoms with Crippen LogP contribution in [0.1, 0.15) is 22.7 Å². The molecule has 0 radical (unpaired) electrons. The normalized spacial score (nSPS) is 17.3. The summed E-state index contributed by atoms with van der Waals surface area (Å²) >= 11 is 18.8. The van der Waals surface area contributed by atoms with Crippen molar-refractivity contribution in [3.8, 4) is 0 Å². The molecule has 1 heterocycles. The molecule has 0 saturated carbocycles. The van der Waals surface area contributed by atoms with Crippen molar-refractivity contribution in [2.24, 2.45) is 0 Å². The predicted molar refractivity (Wildman–Crippen MR) is 129 cm³/mol. The first-order valence-corrected chi connectivity index (χ1v) is 11.4. The van der Waals surface area contributed by atoms with Crippen LogP contribution < -0.4 is 4.90 Å². The SMILES string of the molecule is Cc1ccc(CCN2CCN(c3ccc(Cl)cc3Cl)[C@H](c3ccc(Cl)cc3)C2)cc1. The lowest BCUT2D eigenvalue weighted by atomic mass is 10.0. The fraction of sp³-hybridized carbons (Fsp3) is 0.280. The minimum Gasteiger partial charge on any atom is -0.361 e. The molecule has 0 aliphatic carbocycles. The van der Waals surface area contributed by atoms with E-state index in [1.165, 1.54) is 16.7 Å². The van der Waals surface area contributed by atoms with Crippen molar-refractivity contribution in [1.29, 1.82) is 0 Å². The summed E-state index contributed by atoms with van der Waals surface area (Å²) in [5.41, 5.74) is 4.95. The van der Waals surface area contributed by atoms with Gasteiger partial charge in [0.05, 0.1) is 16.8 Å². The third-order valence-corrected chi connectivity index (χ3v) is 6.57. The Balaban J connectivity index is 1.55. The quantitative estimate of drug-likeness (QED) is 0.403. The highest BCUT2D eigenvalue weighted by molar-refractivity contribution is 6.36. The van der Waals surface area contributed by atoms with Gasteiger partial charge in [-0.05, 0) is 54.8 Å². The Kier molecular flexibility index (Phi) is 6.90. The molecule has 0 bridgehead atoms. The zero-order valence-electron chi connectivity index (χ0n) is 17.0. The van der Waals surface area contributed by atoms with E-state index in [9.17, 15) is 0 Å². The maximum atomic E-state index is 6.57. The van der Waals surface area contributed by atoms with Gasteiger partial charge in [0.2, 0.25) is 0 Å².